The molecular weight excluding hydrogens is 164 g/mol. The first kappa shape index (κ1) is 10.3. The Morgan fingerprint density at radius 1 is 1.54 bits per heavy atom. The first-order valence-corrected chi connectivity index (χ1v) is 4.86. The third-order valence-electron chi connectivity index (χ3n) is 2.14. The van der Waals surface area contributed by atoms with Gasteiger partial charge in [-0.3, -0.25) is 0 Å². The van der Waals surface area contributed by atoms with E-state index < -0.39 is 6.23 Å². The number of rotatable bonds is 4. The van der Waals surface area contributed by atoms with Crippen molar-refractivity contribution in [2.45, 2.75) is 46.3 Å². The van der Waals surface area contributed by atoms with E-state index in [0.29, 0.717) is 0 Å². The molecule has 0 bridgehead atoms. The second kappa shape index (κ2) is 4.42. The Kier molecular flexibility index (Phi) is 3.48. The number of hydrogen-bond donors (Lipinski definition) is 1. The van der Waals surface area contributed by atoms with Gasteiger partial charge in [0.15, 0.2) is 0 Å². The summed E-state index contributed by atoms with van der Waals surface area (Å²) in [4.78, 5) is 0. The molecule has 0 radical (unpaired) electrons. The molecule has 0 aliphatic heterocycles. The van der Waals surface area contributed by atoms with E-state index in [2.05, 4.69) is 12.0 Å². The lowest BCUT2D eigenvalue weighted by atomic mass is 10.2. The van der Waals surface area contributed by atoms with Crippen molar-refractivity contribution in [3.05, 3.63) is 17.5 Å². The summed E-state index contributed by atoms with van der Waals surface area (Å²) in [6, 6.07) is 1.98. The van der Waals surface area contributed by atoms with E-state index in [1.165, 1.54) is 0 Å². The smallest absolute Gasteiger partial charge is 0.147 e. The van der Waals surface area contributed by atoms with Gasteiger partial charge in [-0.05, 0) is 32.8 Å². The lowest BCUT2D eigenvalue weighted by Crippen LogP contribution is -2.11. The molecule has 1 aromatic heterocycles. The van der Waals surface area contributed by atoms with Gasteiger partial charge in [0, 0.05) is 5.69 Å². The van der Waals surface area contributed by atoms with Gasteiger partial charge in [0.2, 0.25) is 0 Å². The highest BCUT2D eigenvalue weighted by molar-refractivity contribution is 5.06. The molecule has 1 N–H and O–H groups in total. The maximum Gasteiger partial charge on any atom is 0.147 e. The standard InChI is InChI=1S/C10H18N2O/c1-4-5-6-10(13)12-9(3)7-8(2)11-12/h7,10,13H,4-6H2,1-3H3. The molecule has 0 saturated carbocycles. The second-order valence-electron chi connectivity index (χ2n) is 3.49. The predicted molar refractivity (Wildman–Crippen MR) is 52.5 cm³/mol. The molecule has 3 nitrogen and oxygen atoms in total. The van der Waals surface area contributed by atoms with E-state index in [4.69, 9.17) is 0 Å². The van der Waals surface area contributed by atoms with Gasteiger partial charge in [-0.2, -0.15) is 5.10 Å². The molecule has 0 aliphatic carbocycles. The number of aryl methyl sites for hydroxylation is 2. The minimum Gasteiger partial charge on any atom is -0.372 e. The average molecular weight is 182 g/mol. The largest absolute Gasteiger partial charge is 0.372 e. The Labute approximate surface area is 79.4 Å². The molecule has 1 aromatic rings. The van der Waals surface area contributed by atoms with Crippen LogP contribution in [0.15, 0.2) is 6.07 Å². The first-order valence-electron chi connectivity index (χ1n) is 4.86. The normalized spacial score (nSPS) is 13.2. The van der Waals surface area contributed by atoms with Gasteiger partial charge in [0.25, 0.3) is 0 Å². The van der Waals surface area contributed by atoms with Crippen LogP contribution in [0.4, 0.5) is 0 Å². The highest BCUT2D eigenvalue weighted by Crippen LogP contribution is 2.14. The minimum absolute atomic E-state index is 0.450. The molecule has 13 heavy (non-hydrogen) atoms. The van der Waals surface area contributed by atoms with E-state index in [0.717, 1.165) is 30.7 Å². The summed E-state index contributed by atoms with van der Waals surface area (Å²) in [5, 5.41) is 14.0. The van der Waals surface area contributed by atoms with Gasteiger partial charge in [-0.15, -0.1) is 0 Å². The zero-order chi connectivity index (χ0) is 9.84. The van der Waals surface area contributed by atoms with E-state index in [1.54, 1.807) is 4.68 Å². The number of aromatic nitrogens is 2. The van der Waals surface area contributed by atoms with Gasteiger partial charge in [-0.1, -0.05) is 13.3 Å². The van der Waals surface area contributed by atoms with E-state index in [9.17, 15) is 5.11 Å². The van der Waals surface area contributed by atoms with E-state index in [1.807, 2.05) is 19.9 Å². The van der Waals surface area contributed by atoms with Crippen molar-refractivity contribution in [3.63, 3.8) is 0 Å². The van der Waals surface area contributed by atoms with Crippen LogP contribution >= 0.6 is 0 Å². The Bertz CT molecular complexity index is 268. The summed E-state index contributed by atoms with van der Waals surface area (Å²) in [5.74, 6) is 0. The molecule has 0 fully saturated rings. The van der Waals surface area contributed by atoms with Gasteiger partial charge in [-0.25, -0.2) is 4.68 Å². The Morgan fingerprint density at radius 3 is 2.69 bits per heavy atom. The Hall–Kier alpha value is -0.830. The fourth-order valence-corrected chi connectivity index (χ4v) is 1.46. The van der Waals surface area contributed by atoms with E-state index >= 15 is 0 Å². The van der Waals surface area contributed by atoms with Crippen molar-refractivity contribution >= 4 is 0 Å². The van der Waals surface area contributed by atoms with Gasteiger partial charge in [0.1, 0.15) is 6.23 Å². The second-order valence-corrected chi connectivity index (χ2v) is 3.49. The Balaban J connectivity index is 2.64. The molecule has 0 saturated heterocycles. The maximum atomic E-state index is 9.75. The van der Waals surface area contributed by atoms with Gasteiger partial charge >= 0.3 is 0 Å². The van der Waals surface area contributed by atoms with Crippen molar-refractivity contribution in [2.24, 2.45) is 0 Å². The SMILES string of the molecule is CCCCC(O)n1nc(C)cc1C. The zero-order valence-electron chi connectivity index (χ0n) is 8.62. The summed E-state index contributed by atoms with van der Waals surface area (Å²) in [6.07, 6.45) is 2.49. The van der Waals surface area contributed by atoms with Crippen LogP contribution in [-0.2, 0) is 0 Å². The van der Waals surface area contributed by atoms with Crippen molar-refractivity contribution in [2.75, 3.05) is 0 Å². The molecule has 0 aliphatic rings. The monoisotopic (exact) mass is 182 g/mol. The van der Waals surface area contributed by atoms with E-state index in [-0.39, 0.29) is 0 Å². The summed E-state index contributed by atoms with van der Waals surface area (Å²) >= 11 is 0. The first-order chi connectivity index (χ1) is 6.15. The molecule has 1 unspecified atom stereocenters. The molecule has 1 heterocycles. The molecule has 1 atom stereocenters. The number of aliphatic hydroxyl groups is 1. The quantitative estimate of drug-likeness (QED) is 0.775. The summed E-state index contributed by atoms with van der Waals surface area (Å²) in [6.45, 7) is 6.03. The van der Waals surface area contributed by atoms with Crippen molar-refractivity contribution < 1.29 is 5.11 Å². The fourth-order valence-electron chi connectivity index (χ4n) is 1.46. The highest BCUT2D eigenvalue weighted by Gasteiger charge is 2.09. The molecule has 74 valence electrons. The number of aliphatic hydroxyl groups excluding tert-OH is 1. The van der Waals surface area contributed by atoms with Crippen LogP contribution in [0.5, 0.6) is 0 Å². The molecule has 0 amide bonds. The van der Waals surface area contributed by atoms with Crippen LogP contribution in [-0.4, -0.2) is 14.9 Å². The molecular formula is C10H18N2O. The third kappa shape index (κ3) is 2.56. The number of unbranched alkanes of at least 4 members (excludes halogenated alkanes) is 1. The lowest BCUT2D eigenvalue weighted by molar-refractivity contribution is 0.0767. The molecule has 1 rings (SSSR count). The molecule has 0 spiro atoms. The number of hydrogen-bond acceptors (Lipinski definition) is 2. The van der Waals surface area contributed by atoms with Crippen LogP contribution in [0.1, 0.15) is 43.8 Å². The van der Waals surface area contributed by atoms with Crippen LogP contribution in [0.25, 0.3) is 0 Å². The van der Waals surface area contributed by atoms with Crippen LogP contribution < -0.4 is 0 Å². The highest BCUT2D eigenvalue weighted by atomic mass is 16.3. The van der Waals surface area contributed by atoms with Crippen LogP contribution in [0.3, 0.4) is 0 Å². The lowest BCUT2D eigenvalue weighted by Gasteiger charge is -2.12. The van der Waals surface area contributed by atoms with Crippen molar-refractivity contribution in [1.29, 1.82) is 0 Å². The van der Waals surface area contributed by atoms with Crippen LogP contribution in [0, 0.1) is 13.8 Å². The van der Waals surface area contributed by atoms with Gasteiger partial charge in [0.05, 0.1) is 5.69 Å². The summed E-state index contributed by atoms with van der Waals surface area (Å²) in [7, 11) is 0. The third-order valence-corrected chi connectivity index (χ3v) is 2.14. The summed E-state index contributed by atoms with van der Waals surface area (Å²) < 4.78 is 1.70. The molecule has 0 aromatic carbocycles. The summed E-state index contributed by atoms with van der Waals surface area (Å²) in [5.41, 5.74) is 1.99. The predicted octanol–water partition coefficient (Wildman–Crippen LogP) is 2.18. The average Bonchev–Trinajstić information content (AvgIpc) is 2.41. The van der Waals surface area contributed by atoms with Crippen molar-refractivity contribution in [1.82, 2.24) is 9.78 Å². The zero-order valence-corrected chi connectivity index (χ0v) is 8.62. The molecule has 3 heteroatoms. The maximum absolute atomic E-state index is 9.75. The topological polar surface area (TPSA) is 38.0 Å². The fraction of sp³-hybridized carbons (Fsp3) is 0.700. The minimum atomic E-state index is -0.450. The van der Waals surface area contributed by atoms with Crippen molar-refractivity contribution in [3.8, 4) is 0 Å². The van der Waals surface area contributed by atoms with Gasteiger partial charge < -0.3 is 5.11 Å². The van der Waals surface area contributed by atoms with Crippen LogP contribution in [0.2, 0.25) is 0 Å². The number of nitrogens with zero attached hydrogens (tertiary/aromatic N) is 2. The Morgan fingerprint density at radius 2 is 2.23 bits per heavy atom.